The van der Waals surface area contributed by atoms with E-state index in [0.717, 1.165) is 24.2 Å². The molecule has 30 heavy (non-hydrogen) atoms. The summed E-state index contributed by atoms with van der Waals surface area (Å²) in [5.74, 6) is -1.11. The molecule has 1 fully saturated rings. The number of likely N-dealkylation sites (N-methyl/N-ethyl adjacent to an activating group) is 1. The first-order valence-corrected chi connectivity index (χ1v) is 10.1. The predicted octanol–water partition coefficient (Wildman–Crippen LogP) is 1.30. The lowest BCUT2D eigenvalue weighted by Crippen LogP contribution is -2.48. The number of hydrogen-bond donors (Lipinski definition) is 1. The van der Waals surface area contributed by atoms with Crippen LogP contribution >= 0.6 is 0 Å². The number of rotatable bonds is 11. The maximum atomic E-state index is 12.9. The first kappa shape index (κ1) is 21.9. The van der Waals surface area contributed by atoms with E-state index in [1.807, 2.05) is 0 Å². The second-order valence-electron chi connectivity index (χ2n) is 7.08. The van der Waals surface area contributed by atoms with Crippen molar-refractivity contribution in [3.63, 3.8) is 0 Å². The molecule has 0 aliphatic carbocycles. The maximum absolute atomic E-state index is 12.9. The molecule has 9 heteroatoms. The second kappa shape index (κ2) is 10.3. The minimum Gasteiger partial charge on any atom is -0.494 e. The van der Waals surface area contributed by atoms with Gasteiger partial charge in [-0.15, -0.1) is 0 Å². The molecule has 0 radical (unpaired) electrons. The van der Waals surface area contributed by atoms with E-state index in [1.54, 1.807) is 6.07 Å². The van der Waals surface area contributed by atoms with E-state index in [4.69, 9.17) is 14.2 Å². The van der Waals surface area contributed by atoms with Crippen LogP contribution in [0.15, 0.2) is 18.2 Å². The summed E-state index contributed by atoms with van der Waals surface area (Å²) in [6.07, 6.45) is 3.15. The number of nitrogens with one attached hydrogen (secondary N) is 1. The highest BCUT2D eigenvalue weighted by Gasteiger charge is 2.42. The lowest BCUT2D eigenvalue weighted by Gasteiger charge is -2.24. The molecule has 0 saturated carbocycles. The predicted molar refractivity (Wildman–Crippen MR) is 105 cm³/mol. The third kappa shape index (κ3) is 4.85. The Morgan fingerprint density at radius 2 is 1.97 bits per heavy atom. The molecule has 2 heterocycles. The Balaban J connectivity index is 1.61. The van der Waals surface area contributed by atoms with Gasteiger partial charge in [-0.1, -0.05) is 0 Å². The first-order valence-electron chi connectivity index (χ1n) is 10.1. The number of nitrogens with zero attached hydrogens (tertiary/aromatic N) is 1. The van der Waals surface area contributed by atoms with E-state index < -0.39 is 23.8 Å². The van der Waals surface area contributed by atoms with Gasteiger partial charge in [0.2, 0.25) is 5.91 Å². The van der Waals surface area contributed by atoms with Crippen molar-refractivity contribution in [3.8, 4) is 5.75 Å². The van der Waals surface area contributed by atoms with Gasteiger partial charge in [0.1, 0.15) is 18.1 Å². The molecular weight excluding hydrogens is 392 g/mol. The minimum atomic E-state index is -1.03. The molecular formula is C21H26N2O7. The Bertz CT molecular complexity index is 805. The lowest BCUT2D eigenvalue weighted by atomic mass is 10.1. The normalized spacial score (nSPS) is 17.2. The molecule has 1 aromatic carbocycles. The van der Waals surface area contributed by atoms with Crippen LogP contribution in [0.3, 0.4) is 0 Å². The van der Waals surface area contributed by atoms with Gasteiger partial charge in [0.05, 0.1) is 30.9 Å². The summed E-state index contributed by atoms with van der Waals surface area (Å²) in [6, 6.07) is 3.67. The number of hydrogen-bond acceptors (Lipinski definition) is 7. The zero-order chi connectivity index (χ0) is 21.5. The molecule has 0 spiro atoms. The summed E-state index contributed by atoms with van der Waals surface area (Å²) in [4.78, 5) is 49.5. The average molecular weight is 418 g/mol. The van der Waals surface area contributed by atoms with Gasteiger partial charge in [0.25, 0.3) is 11.8 Å². The van der Waals surface area contributed by atoms with Gasteiger partial charge in [-0.3, -0.25) is 19.3 Å². The van der Waals surface area contributed by atoms with Crippen molar-refractivity contribution in [3.05, 3.63) is 29.3 Å². The summed E-state index contributed by atoms with van der Waals surface area (Å²) in [5.41, 5.74) is 0.424. The molecule has 0 aromatic heterocycles. The quantitative estimate of drug-likeness (QED) is 0.327. The first-order chi connectivity index (χ1) is 14.6. The SMILES string of the molecule is CNC(=O)C(CCC=O)N1C(=O)c2ccc(OCCCCC3OCCO3)cc2C1=O. The van der Waals surface area contributed by atoms with Crippen LogP contribution in [0.25, 0.3) is 0 Å². The number of fused-ring (bicyclic) bond motifs is 1. The van der Waals surface area contributed by atoms with Crippen molar-refractivity contribution in [2.45, 2.75) is 44.4 Å². The van der Waals surface area contributed by atoms with Crippen molar-refractivity contribution in [1.82, 2.24) is 10.2 Å². The fourth-order valence-corrected chi connectivity index (χ4v) is 3.56. The number of ether oxygens (including phenoxy) is 3. The Morgan fingerprint density at radius 3 is 2.67 bits per heavy atom. The van der Waals surface area contributed by atoms with Crippen LogP contribution < -0.4 is 10.1 Å². The summed E-state index contributed by atoms with van der Waals surface area (Å²) in [6.45, 7) is 1.73. The van der Waals surface area contributed by atoms with Gasteiger partial charge in [0.15, 0.2) is 6.29 Å². The summed E-state index contributed by atoms with van der Waals surface area (Å²) in [5, 5.41) is 2.45. The van der Waals surface area contributed by atoms with Crippen LogP contribution in [-0.4, -0.2) is 68.1 Å². The molecule has 1 saturated heterocycles. The molecule has 1 unspecified atom stereocenters. The number of carbonyl (C=O) groups is 4. The van der Waals surface area contributed by atoms with Gasteiger partial charge >= 0.3 is 0 Å². The van der Waals surface area contributed by atoms with Crippen molar-refractivity contribution >= 4 is 24.0 Å². The zero-order valence-corrected chi connectivity index (χ0v) is 16.9. The Morgan fingerprint density at radius 1 is 1.23 bits per heavy atom. The number of carbonyl (C=O) groups excluding carboxylic acids is 4. The number of aldehydes is 1. The Hall–Kier alpha value is -2.78. The maximum Gasteiger partial charge on any atom is 0.262 e. The van der Waals surface area contributed by atoms with E-state index in [1.165, 1.54) is 19.2 Å². The van der Waals surface area contributed by atoms with Crippen LogP contribution in [0.5, 0.6) is 5.75 Å². The highest BCUT2D eigenvalue weighted by atomic mass is 16.7. The van der Waals surface area contributed by atoms with Crippen molar-refractivity contribution in [2.75, 3.05) is 26.9 Å². The summed E-state index contributed by atoms with van der Waals surface area (Å²) < 4.78 is 16.5. The average Bonchev–Trinajstić information content (AvgIpc) is 3.36. The van der Waals surface area contributed by atoms with E-state index in [0.29, 0.717) is 31.9 Å². The smallest absolute Gasteiger partial charge is 0.262 e. The van der Waals surface area contributed by atoms with Crippen molar-refractivity contribution in [1.29, 1.82) is 0 Å². The topological polar surface area (TPSA) is 111 Å². The third-order valence-electron chi connectivity index (χ3n) is 5.10. The van der Waals surface area contributed by atoms with Gasteiger partial charge in [-0.2, -0.15) is 0 Å². The van der Waals surface area contributed by atoms with Crippen molar-refractivity contribution in [2.24, 2.45) is 0 Å². The third-order valence-corrected chi connectivity index (χ3v) is 5.10. The number of imide groups is 1. The lowest BCUT2D eigenvalue weighted by molar-refractivity contribution is -0.124. The van der Waals surface area contributed by atoms with Gasteiger partial charge in [0, 0.05) is 13.5 Å². The summed E-state index contributed by atoms with van der Waals surface area (Å²) >= 11 is 0. The van der Waals surface area contributed by atoms with Crippen molar-refractivity contribution < 1.29 is 33.4 Å². The molecule has 9 nitrogen and oxygen atoms in total. The van der Waals surface area contributed by atoms with Crippen LogP contribution in [0.4, 0.5) is 0 Å². The highest BCUT2D eigenvalue weighted by Crippen LogP contribution is 2.29. The largest absolute Gasteiger partial charge is 0.494 e. The molecule has 3 amide bonds. The van der Waals surface area contributed by atoms with Crippen LogP contribution in [0.1, 0.15) is 52.8 Å². The van der Waals surface area contributed by atoms with E-state index >= 15 is 0 Å². The van der Waals surface area contributed by atoms with Gasteiger partial charge in [-0.25, -0.2) is 0 Å². The number of benzene rings is 1. The molecule has 0 bridgehead atoms. The van der Waals surface area contributed by atoms with Gasteiger partial charge < -0.3 is 24.3 Å². The molecule has 1 atom stereocenters. The van der Waals surface area contributed by atoms with Crippen LogP contribution in [-0.2, 0) is 19.1 Å². The van der Waals surface area contributed by atoms with Crippen LogP contribution in [0.2, 0.25) is 0 Å². The molecule has 2 aliphatic rings. The fraction of sp³-hybridized carbons (Fsp3) is 0.524. The molecule has 1 aromatic rings. The molecule has 2 aliphatic heterocycles. The Kier molecular flexibility index (Phi) is 7.53. The van der Waals surface area contributed by atoms with Gasteiger partial charge in [-0.05, 0) is 43.9 Å². The second-order valence-corrected chi connectivity index (χ2v) is 7.08. The van der Waals surface area contributed by atoms with E-state index in [-0.39, 0.29) is 30.3 Å². The number of unbranched alkanes of at least 4 members (excludes halogenated alkanes) is 1. The molecule has 3 rings (SSSR count). The van der Waals surface area contributed by atoms with E-state index in [9.17, 15) is 19.2 Å². The fourth-order valence-electron chi connectivity index (χ4n) is 3.56. The standard InChI is InChI=1S/C21H26N2O7/c1-22-19(25)17(5-4-9-24)23-20(26)15-8-7-14(13-16(15)21(23)27)28-10-3-2-6-18-29-11-12-30-18/h7-9,13,17-18H,2-6,10-12H2,1H3,(H,22,25). The monoisotopic (exact) mass is 418 g/mol. The Labute approximate surface area is 174 Å². The minimum absolute atomic E-state index is 0.0663. The molecule has 1 N–H and O–H groups in total. The molecule has 162 valence electrons. The number of amides is 3. The highest BCUT2D eigenvalue weighted by molar-refractivity contribution is 6.23. The zero-order valence-electron chi connectivity index (χ0n) is 16.9. The summed E-state index contributed by atoms with van der Waals surface area (Å²) in [7, 11) is 1.42. The van der Waals surface area contributed by atoms with E-state index in [2.05, 4.69) is 5.32 Å². The van der Waals surface area contributed by atoms with Crippen LogP contribution in [0, 0.1) is 0 Å².